The highest BCUT2D eigenvalue weighted by atomic mass is 35.5. The van der Waals surface area contributed by atoms with Gasteiger partial charge in [0.25, 0.3) is 0 Å². The highest BCUT2D eigenvalue weighted by molar-refractivity contribution is 7.16. The number of urea groups is 1. The fraction of sp³-hybridized carbons (Fsp3) is 0.267. The third-order valence-corrected chi connectivity index (χ3v) is 4.36. The first-order valence-electron chi connectivity index (χ1n) is 6.65. The summed E-state index contributed by atoms with van der Waals surface area (Å²) in [5, 5.41) is 8.81. The van der Waals surface area contributed by atoms with E-state index in [-0.39, 0.29) is 12.1 Å². The first-order valence-corrected chi connectivity index (χ1v) is 7.84. The van der Waals surface area contributed by atoms with Gasteiger partial charge in [0.1, 0.15) is 0 Å². The predicted octanol–water partition coefficient (Wildman–Crippen LogP) is 4.00. The number of anilines is 1. The van der Waals surface area contributed by atoms with Gasteiger partial charge in [0, 0.05) is 16.6 Å². The molecule has 21 heavy (non-hydrogen) atoms. The van der Waals surface area contributed by atoms with Crippen molar-refractivity contribution < 1.29 is 4.79 Å². The molecule has 1 atom stereocenters. The molecule has 4 nitrogen and oxygen atoms in total. The molecule has 0 saturated heterocycles. The fourth-order valence-electron chi connectivity index (χ4n) is 1.84. The molecule has 6 heteroatoms. The van der Waals surface area contributed by atoms with E-state index in [4.69, 9.17) is 11.6 Å². The Bertz CT molecular complexity index is 614. The number of halogens is 1. The van der Waals surface area contributed by atoms with Gasteiger partial charge in [-0.15, -0.1) is 11.3 Å². The number of hydrogen-bond acceptors (Lipinski definition) is 3. The van der Waals surface area contributed by atoms with Crippen LogP contribution in [0.1, 0.15) is 23.4 Å². The number of thiophene rings is 1. The van der Waals surface area contributed by atoms with Crippen molar-refractivity contribution in [1.82, 2.24) is 10.6 Å². The predicted molar refractivity (Wildman–Crippen MR) is 89.1 cm³/mol. The van der Waals surface area contributed by atoms with Gasteiger partial charge in [-0.1, -0.05) is 23.7 Å². The van der Waals surface area contributed by atoms with Gasteiger partial charge in [0.2, 0.25) is 0 Å². The quantitative estimate of drug-likeness (QED) is 0.779. The normalized spacial score (nSPS) is 12.0. The zero-order valence-electron chi connectivity index (χ0n) is 11.9. The smallest absolute Gasteiger partial charge is 0.319 e. The number of hydrogen-bond donors (Lipinski definition) is 3. The van der Waals surface area contributed by atoms with Crippen LogP contribution in [0.3, 0.4) is 0 Å². The van der Waals surface area contributed by atoms with Crippen LogP contribution in [0.4, 0.5) is 10.5 Å². The maximum absolute atomic E-state index is 11.9. The van der Waals surface area contributed by atoms with E-state index in [1.165, 1.54) is 11.3 Å². The molecule has 2 rings (SSSR count). The number of carbonyl (C=O) groups is 1. The summed E-state index contributed by atoms with van der Waals surface area (Å²) < 4.78 is 0.723. The Morgan fingerprint density at radius 3 is 2.81 bits per heavy atom. The summed E-state index contributed by atoms with van der Waals surface area (Å²) in [4.78, 5) is 12.9. The number of amides is 2. The van der Waals surface area contributed by atoms with E-state index in [1.807, 2.05) is 43.4 Å². The highest BCUT2D eigenvalue weighted by Crippen LogP contribution is 2.21. The second kappa shape index (κ2) is 7.45. The Morgan fingerprint density at radius 2 is 2.14 bits per heavy atom. The maximum Gasteiger partial charge on any atom is 0.319 e. The molecule has 2 amide bonds. The number of benzene rings is 1. The Morgan fingerprint density at radius 1 is 1.33 bits per heavy atom. The Hall–Kier alpha value is -1.56. The van der Waals surface area contributed by atoms with Crippen molar-refractivity contribution in [3.63, 3.8) is 0 Å². The molecule has 0 aliphatic rings. The van der Waals surface area contributed by atoms with Crippen LogP contribution in [0.2, 0.25) is 4.34 Å². The van der Waals surface area contributed by atoms with Crippen LogP contribution in [0.25, 0.3) is 0 Å². The molecule has 0 bridgehead atoms. The molecule has 0 radical (unpaired) electrons. The van der Waals surface area contributed by atoms with Crippen molar-refractivity contribution in [2.24, 2.45) is 0 Å². The van der Waals surface area contributed by atoms with E-state index in [2.05, 4.69) is 22.9 Å². The average Bonchev–Trinajstić information content (AvgIpc) is 2.90. The van der Waals surface area contributed by atoms with Crippen molar-refractivity contribution in [1.29, 1.82) is 0 Å². The first-order chi connectivity index (χ1) is 10.1. The zero-order valence-corrected chi connectivity index (χ0v) is 13.5. The molecular weight excluding hydrogens is 306 g/mol. The van der Waals surface area contributed by atoms with Gasteiger partial charge in [-0.3, -0.25) is 0 Å². The molecule has 112 valence electrons. The van der Waals surface area contributed by atoms with Gasteiger partial charge in [-0.25, -0.2) is 4.79 Å². The lowest BCUT2D eigenvalue weighted by molar-refractivity contribution is 0.252. The molecule has 0 saturated carbocycles. The van der Waals surface area contributed by atoms with E-state index in [9.17, 15) is 4.79 Å². The van der Waals surface area contributed by atoms with Crippen LogP contribution >= 0.6 is 22.9 Å². The average molecular weight is 324 g/mol. The van der Waals surface area contributed by atoms with Gasteiger partial charge in [-0.05, 0) is 43.8 Å². The van der Waals surface area contributed by atoms with E-state index >= 15 is 0 Å². The first kappa shape index (κ1) is 15.8. The largest absolute Gasteiger partial charge is 0.333 e. The number of rotatable bonds is 5. The van der Waals surface area contributed by atoms with Gasteiger partial charge >= 0.3 is 6.03 Å². The van der Waals surface area contributed by atoms with E-state index in [0.29, 0.717) is 6.54 Å². The molecule has 0 fully saturated rings. The Labute approximate surface area is 133 Å². The van der Waals surface area contributed by atoms with E-state index < -0.39 is 0 Å². The van der Waals surface area contributed by atoms with Crippen molar-refractivity contribution in [2.45, 2.75) is 19.5 Å². The number of carbonyl (C=O) groups excluding carboxylic acids is 1. The Balaban J connectivity index is 1.90. The van der Waals surface area contributed by atoms with Crippen LogP contribution < -0.4 is 16.0 Å². The number of nitrogens with one attached hydrogen (secondary N) is 3. The molecular formula is C15H18ClN3OS. The van der Waals surface area contributed by atoms with Gasteiger partial charge in [0.15, 0.2) is 0 Å². The topological polar surface area (TPSA) is 53.2 Å². The lowest BCUT2D eigenvalue weighted by Crippen LogP contribution is -2.27. The summed E-state index contributed by atoms with van der Waals surface area (Å²) in [6, 6.07) is 11.5. The summed E-state index contributed by atoms with van der Waals surface area (Å²) in [6.45, 7) is 2.54. The minimum Gasteiger partial charge on any atom is -0.333 e. The van der Waals surface area contributed by atoms with Crippen LogP contribution in [-0.4, -0.2) is 13.1 Å². The molecule has 0 aliphatic heterocycles. The van der Waals surface area contributed by atoms with Gasteiger partial charge in [-0.2, -0.15) is 0 Å². The summed E-state index contributed by atoms with van der Waals surface area (Å²) in [7, 11) is 1.91. The van der Waals surface area contributed by atoms with Gasteiger partial charge in [0.05, 0.1) is 10.9 Å². The van der Waals surface area contributed by atoms with E-state index in [0.717, 1.165) is 20.5 Å². The molecule has 1 aromatic carbocycles. The molecule has 0 aliphatic carbocycles. The van der Waals surface area contributed by atoms with Crippen LogP contribution in [0.15, 0.2) is 36.4 Å². The third-order valence-electron chi connectivity index (χ3n) is 3.13. The lowest BCUT2D eigenvalue weighted by Gasteiger charge is -2.13. The summed E-state index contributed by atoms with van der Waals surface area (Å²) in [5.41, 5.74) is 1.90. The second-order valence-electron chi connectivity index (χ2n) is 4.65. The minimum atomic E-state index is -0.228. The molecule has 1 unspecified atom stereocenters. The Kier molecular flexibility index (Phi) is 5.61. The van der Waals surface area contributed by atoms with Gasteiger partial charge < -0.3 is 16.0 Å². The third kappa shape index (κ3) is 4.74. The molecule has 2 aromatic rings. The van der Waals surface area contributed by atoms with Crippen molar-refractivity contribution in [3.8, 4) is 0 Å². The minimum absolute atomic E-state index is 0.228. The van der Waals surface area contributed by atoms with Crippen LogP contribution in [0.5, 0.6) is 0 Å². The highest BCUT2D eigenvalue weighted by Gasteiger charge is 2.06. The van der Waals surface area contributed by atoms with Crippen LogP contribution in [-0.2, 0) is 6.54 Å². The zero-order chi connectivity index (χ0) is 15.2. The van der Waals surface area contributed by atoms with Crippen molar-refractivity contribution >= 4 is 34.7 Å². The maximum atomic E-state index is 11.9. The SMILES string of the molecule is CNC(C)c1cccc(NC(=O)NCc2ccc(Cl)s2)c1. The molecule has 0 spiro atoms. The molecule has 1 heterocycles. The fourth-order valence-corrected chi connectivity index (χ4v) is 2.87. The van der Waals surface area contributed by atoms with Crippen molar-refractivity contribution in [3.05, 3.63) is 51.2 Å². The molecule has 1 aromatic heterocycles. The summed E-state index contributed by atoms with van der Waals surface area (Å²) in [6.07, 6.45) is 0. The summed E-state index contributed by atoms with van der Waals surface area (Å²) in [5.74, 6) is 0. The second-order valence-corrected chi connectivity index (χ2v) is 6.45. The van der Waals surface area contributed by atoms with Crippen LogP contribution in [0, 0.1) is 0 Å². The van der Waals surface area contributed by atoms with Crippen molar-refractivity contribution in [2.75, 3.05) is 12.4 Å². The monoisotopic (exact) mass is 323 g/mol. The summed E-state index contributed by atoms with van der Waals surface area (Å²) >= 11 is 7.31. The standard InChI is InChI=1S/C15H18ClN3OS/c1-10(17-2)11-4-3-5-12(8-11)19-15(20)18-9-13-6-7-14(16)21-13/h3-8,10,17H,9H2,1-2H3,(H2,18,19,20). The molecule has 3 N–H and O–H groups in total. The van der Waals surface area contributed by atoms with E-state index in [1.54, 1.807) is 0 Å². The lowest BCUT2D eigenvalue weighted by atomic mass is 10.1.